The van der Waals surface area contributed by atoms with Gasteiger partial charge in [-0.2, -0.15) is 0 Å². The number of nitrogens with one attached hydrogen (secondary N) is 3. The molecule has 1 rings (SSSR count). The zero-order valence-electron chi connectivity index (χ0n) is 10.9. The van der Waals surface area contributed by atoms with E-state index in [1.165, 1.54) is 6.92 Å². The zero-order valence-corrected chi connectivity index (χ0v) is 11.7. The first kappa shape index (κ1) is 14.4. The van der Waals surface area contributed by atoms with Crippen LogP contribution in [0.4, 0.5) is 11.4 Å². The number of anilines is 2. The van der Waals surface area contributed by atoms with E-state index in [4.69, 9.17) is 12.2 Å². The monoisotopic (exact) mass is 265 g/mol. The third-order valence-corrected chi connectivity index (χ3v) is 2.36. The van der Waals surface area contributed by atoms with Gasteiger partial charge in [0.1, 0.15) is 0 Å². The Morgan fingerprint density at radius 2 is 1.89 bits per heavy atom. The van der Waals surface area contributed by atoms with Crippen LogP contribution < -0.4 is 16.0 Å². The van der Waals surface area contributed by atoms with Crippen LogP contribution in [-0.4, -0.2) is 17.6 Å². The third kappa shape index (κ3) is 5.63. The van der Waals surface area contributed by atoms with Gasteiger partial charge < -0.3 is 16.0 Å². The van der Waals surface area contributed by atoms with Crippen LogP contribution in [0.5, 0.6) is 0 Å². The summed E-state index contributed by atoms with van der Waals surface area (Å²) in [5, 5.41) is 9.52. The number of carbonyl (C=O) groups is 1. The smallest absolute Gasteiger partial charge is 0.221 e. The lowest BCUT2D eigenvalue weighted by molar-refractivity contribution is -0.114. The van der Waals surface area contributed by atoms with Gasteiger partial charge in [-0.05, 0) is 36.3 Å². The van der Waals surface area contributed by atoms with Crippen LogP contribution in [0.3, 0.4) is 0 Å². The largest absolute Gasteiger partial charge is 0.362 e. The second kappa shape index (κ2) is 6.96. The van der Waals surface area contributed by atoms with E-state index in [1.54, 1.807) is 0 Å². The van der Waals surface area contributed by atoms with Crippen molar-refractivity contribution < 1.29 is 4.79 Å². The molecule has 0 unspecified atom stereocenters. The fraction of sp³-hybridized carbons (Fsp3) is 0.385. The topological polar surface area (TPSA) is 53.2 Å². The Balaban J connectivity index is 2.56. The lowest BCUT2D eigenvalue weighted by Gasteiger charge is -2.13. The summed E-state index contributed by atoms with van der Waals surface area (Å²) in [4.78, 5) is 11.0. The van der Waals surface area contributed by atoms with Gasteiger partial charge >= 0.3 is 0 Å². The van der Waals surface area contributed by atoms with Crippen LogP contribution >= 0.6 is 12.2 Å². The molecule has 5 heteroatoms. The lowest BCUT2D eigenvalue weighted by atomic mass is 10.2. The molecule has 0 aliphatic rings. The first-order valence-electron chi connectivity index (χ1n) is 5.90. The molecule has 0 aliphatic heterocycles. The number of rotatable bonds is 4. The summed E-state index contributed by atoms with van der Waals surface area (Å²) in [5.74, 6) is 0.447. The van der Waals surface area contributed by atoms with E-state index in [-0.39, 0.29) is 5.91 Å². The first-order valence-corrected chi connectivity index (χ1v) is 6.30. The number of hydrogen-bond donors (Lipinski definition) is 3. The van der Waals surface area contributed by atoms with E-state index < -0.39 is 0 Å². The van der Waals surface area contributed by atoms with Gasteiger partial charge in [-0.3, -0.25) is 4.79 Å². The van der Waals surface area contributed by atoms with Crippen LogP contribution in [0.1, 0.15) is 20.8 Å². The molecule has 3 N–H and O–H groups in total. The molecule has 0 atom stereocenters. The van der Waals surface area contributed by atoms with Crippen LogP contribution in [0.15, 0.2) is 24.3 Å². The molecule has 0 fully saturated rings. The van der Waals surface area contributed by atoms with Gasteiger partial charge in [0, 0.05) is 24.8 Å². The number of carbonyl (C=O) groups excluding carboxylic acids is 1. The highest BCUT2D eigenvalue weighted by molar-refractivity contribution is 7.80. The van der Waals surface area contributed by atoms with Gasteiger partial charge in [0.25, 0.3) is 0 Å². The SMILES string of the molecule is CC(=O)Nc1cccc(NC(=S)NCC(C)C)c1. The van der Waals surface area contributed by atoms with Crippen molar-refractivity contribution in [3.05, 3.63) is 24.3 Å². The average Bonchev–Trinajstić information content (AvgIpc) is 2.26. The lowest BCUT2D eigenvalue weighted by Crippen LogP contribution is -2.31. The summed E-state index contributed by atoms with van der Waals surface area (Å²) in [7, 11) is 0. The molecule has 0 aliphatic carbocycles. The Hall–Kier alpha value is -1.62. The summed E-state index contributed by atoms with van der Waals surface area (Å²) in [5.41, 5.74) is 1.60. The standard InChI is InChI=1S/C13H19N3OS/c1-9(2)8-14-13(18)16-12-6-4-5-11(7-12)15-10(3)17/h4-7,9H,8H2,1-3H3,(H,15,17)(H2,14,16,18). The summed E-state index contributed by atoms with van der Waals surface area (Å²) >= 11 is 5.18. The van der Waals surface area contributed by atoms with E-state index in [0.717, 1.165) is 17.9 Å². The summed E-state index contributed by atoms with van der Waals surface area (Å²) < 4.78 is 0. The summed E-state index contributed by atoms with van der Waals surface area (Å²) in [6, 6.07) is 7.43. The average molecular weight is 265 g/mol. The quantitative estimate of drug-likeness (QED) is 0.732. The van der Waals surface area contributed by atoms with Crippen molar-refractivity contribution in [1.29, 1.82) is 0 Å². The van der Waals surface area contributed by atoms with Crippen LogP contribution in [0.2, 0.25) is 0 Å². The second-order valence-corrected chi connectivity index (χ2v) is 4.90. The van der Waals surface area contributed by atoms with Gasteiger partial charge in [0.05, 0.1) is 0 Å². The minimum absolute atomic E-state index is 0.0901. The highest BCUT2D eigenvalue weighted by Gasteiger charge is 2.01. The van der Waals surface area contributed by atoms with Crippen molar-refractivity contribution in [2.75, 3.05) is 17.2 Å². The molecule has 1 amide bonds. The van der Waals surface area contributed by atoms with Gasteiger partial charge in [0.2, 0.25) is 5.91 Å². The fourth-order valence-electron chi connectivity index (χ4n) is 1.35. The van der Waals surface area contributed by atoms with Crippen molar-refractivity contribution in [2.24, 2.45) is 5.92 Å². The van der Waals surface area contributed by atoms with Crippen LogP contribution in [0, 0.1) is 5.92 Å². The zero-order chi connectivity index (χ0) is 13.5. The Bertz CT molecular complexity index is 432. The molecular weight excluding hydrogens is 246 g/mol. The van der Waals surface area contributed by atoms with Gasteiger partial charge in [-0.15, -0.1) is 0 Å². The van der Waals surface area contributed by atoms with Crippen molar-refractivity contribution >= 4 is 34.6 Å². The number of benzene rings is 1. The van der Waals surface area contributed by atoms with Crippen molar-refractivity contribution in [2.45, 2.75) is 20.8 Å². The normalized spacial score (nSPS) is 10.0. The molecule has 0 heterocycles. The molecule has 0 saturated carbocycles. The Labute approximate surface area is 113 Å². The maximum absolute atomic E-state index is 11.0. The second-order valence-electron chi connectivity index (χ2n) is 4.49. The van der Waals surface area contributed by atoms with Crippen molar-refractivity contribution in [3.8, 4) is 0 Å². The molecule has 0 aromatic heterocycles. The Kier molecular flexibility index (Phi) is 5.58. The Morgan fingerprint density at radius 3 is 2.44 bits per heavy atom. The molecule has 0 saturated heterocycles. The maximum Gasteiger partial charge on any atom is 0.221 e. The van der Waals surface area contributed by atoms with Gasteiger partial charge in [0.15, 0.2) is 5.11 Å². The molecule has 1 aromatic rings. The maximum atomic E-state index is 11.0. The Morgan fingerprint density at radius 1 is 1.28 bits per heavy atom. The molecule has 0 radical (unpaired) electrons. The highest BCUT2D eigenvalue weighted by atomic mass is 32.1. The highest BCUT2D eigenvalue weighted by Crippen LogP contribution is 2.14. The molecule has 0 spiro atoms. The van der Waals surface area contributed by atoms with Crippen molar-refractivity contribution in [1.82, 2.24) is 5.32 Å². The molecule has 1 aromatic carbocycles. The van der Waals surface area contributed by atoms with E-state index >= 15 is 0 Å². The predicted molar refractivity (Wildman–Crippen MR) is 79.8 cm³/mol. The molecule has 4 nitrogen and oxygen atoms in total. The van der Waals surface area contributed by atoms with Gasteiger partial charge in [-0.25, -0.2) is 0 Å². The minimum Gasteiger partial charge on any atom is -0.362 e. The van der Waals surface area contributed by atoms with Crippen LogP contribution in [-0.2, 0) is 4.79 Å². The minimum atomic E-state index is -0.0901. The number of thiocarbonyl (C=S) groups is 1. The fourth-order valence-corrected chi connectivity index (χ4v) is 1.55. The molecular formula is C13H19N3OS. The molecule has 98 valence electrons. The van der Waals surface area contributed by atoms with Gasteiger partial charge in [-0.1, -0.05) is 19.9 Å². The molecule has 0 bridgehead atoms. The predicted octanol–water partition coefficient (Wildman–Crippen LogP) is 2.59. The molecule has 18 heavy (non-hydrogen) atoms. The van der Waals surface area contributed by atoms with E-state index in [9.17, 15) is 4.79 Å². The van der Waals surface area contributed by atoms with E-state index in [0.29, 0.717) is 11.0 Å². The van der Waals surface area contributed by atoms with Crippen LogP contribution in [0.25, 0.3) is 0 Å². The van der Waals surface area contributed by atoms with Crippen molar-refractivity contribution in [3.63, 3.8) is 0 Å². The summed E-state index contributed by atoms with van der Waals surface area (Å²) in [6.07, 6.45) is 0. The number of amides is 1. The van der Waals surface area contributed by atoms with E-state index in [2.05, 4.69) is 29.8 Å². The van der Waals surface area contributed by atoms with E-state index in [1.807, 2.05) is 24.3 Å². The number of hydrogen-bond acceptors (Lipinski definition) is 2. The third-order valence-electron chi connectivity index (χ3n) is 2.11. The summed E-state index contributed by atoms with van der Waals surface area (Å²) in [6.45, 7) is 6.55. The first-order chi connectivity index (χ1) is 8.47.